The van der Waals surface area contributed by atoms with Gasteiger partial charge in [0.05, 0.1) is 6.54 Å². The van der Waals surface area contributed by atoms with Crippen molar-refractivity contribution < 1.29 is 14.6 Å². The first kappa shape index (κ1) is 16.5. The van der Waals surface area contributed by atoms with E-state index in [1.54, 1.807) is 0 Å². The van der Waals surface area contributed by atoms with Gasteiger partial charge in [0.2, 0.25) is 5.91 Å². The summed E-state index contributed by atoms with van der Waals surface area (Å²) in [7, 11) is 0. The number of aliphatic hydroxyl groups is 1. The van der Waals surface area contributed by atoms with E-state index in [-0.39, 0.29) is 18.7 Å². The molecule has 0 saturated heterocycles. The van der Waals surface area contributed by atoms with Crippen molar-refractivity contribution in [2.24, 2.45) is 5.73 Å². The molecule has 0 aromatic heterocycles. The van der Waals surface area contributed by atoms with Crippen LogP contribution in [0, 0.1) is 0 Å². The van der Waals surface area contributed by atoms with Gasteiger partial charge < -0.3 is 15.6 Å². The first-order valence-corrected chi connectivity index (χ1v) is 6.68. The van der Waals surface area contributed by atoms with Crippen molar-refractivity contribution in [2.75, 3.05) is 19.7 Å². The monoisotopic (exact) mass is 280 g/mol. The molecule has 0 radical (unpaired) electrons. The van der Waals surface area contributed by atoms with E-state index in [1.807, 2.05) is 56.0 Å². The number of amides is 1. The van der Waals surface area contributed by atoms with Gasteiger partial charge in [0.1, 0.15) is 18.5 Å². The molecule has 0 heterocycles. The Morgan fingerprint density at radius 2 is 1.95 bits per heavy atom. The summed E-state index contributed by atoms with van der Waals surface area (Å²) < 4.78 is 5.49. The largest absolute Gasteiger partial charge is 0.491 e. The number of ether oxygens (including phenoxy) is 1. The average molecular weight is 280 g/mol. The number of carbonyl (C=O) groups is 1. The predicted molar refractivity (Wildman–Crippen MR) is 78.5 cm³/mol. The number of nitrogens with zero attached hydrogens (tertiary/aromatic N) is 1. The maximum absolute atomic E-state index is 11.1. The standard InChI is InChI=1S/C15H24N2O3/c1-15(2,3)17(10-14(16)19)9-12(18)11-20-13-7-5-4-6-8-13/h4-8,12,18H,9-11H2,1-3H3,(H2,16,19). The van der Waals surface area contributed by atoms with Crippen LogP contribution in [0.4, 0.5) is 0 Å². The molecule has 3 N–H and O–H groups in total. The summed E-state index contributed by atoms with van der Waals surface area (Å²) in [5.41, 5.74) is 4.99. The highest BCUT2D eigenvalue weighted by molar-refractivity contribution is 5.76. The van der Waals surface area contributed by atoms with E-state index in [0.29, 0.717) is 12.3 Å². The molecule has 5 heteroatoms. The molecule has 0 fully saturated rings. The second-order valence-electron chi connectivity index (χ2n) is 5.80. The second kappa shape index (κ2) is 7.26. The van der Waals surface area contributed by atoms with Crippen molar-refractivity contribution in [1.29, 1.82) is 0 Å². The lowest BCUT2D eigenvalue weighted by Gasteiger charge is -2.35. The van der Waals surface area contributed by atoms with Gasteiger partial charge in [-0.05, 0) is 32.9 Å². The molecule has 1 atom stereocenters. The molecule has 0 aliphatic rings. The Morgan fingerprint density at radius 3 is 2.45 bits per heavy atom. The number of hydrogen-bond donors (Lipinski definition) is 2. The van der Waals surface area contributed by atoms with Crippen molar-refractivity contribution >= 4 is 5.91 Å². The average Bonchev–Trinajstić information content (AvgIpc) is 2.35. The number of carbonyl (C=O) groups excluding carboxylic acids is 1. The van der Waals surface area contributed by atoms with Crippen LogP contribution in [-0.4, -0.2) is 47.3 Å². The lowest BCUT2D eigenvalue weighted by molar-refractivity contribution is -0.121. The predicted octanol–water partition coefficient (Wildman–Crippen LogP) is 1.01. The van der Waals surface area contributed by atoms with Gasteiger partial charge in [-0.3, -0.25) is 9.69 Å². The molecule has 1 unspecified atom stereocenters. The number of para-hydroxylation sites is 1. The van der Waals surface area contributed by atoms with E-state index in [1.165, 1.54) is 0 Å². The van der Waals surface area contributed by atoms with Crippen molar-refractivity contribution in [3.8, 4) is 5.75 Å². The van der Waals surface area contributed by atoms with E-state index in [0.717, 1.165) is 0 Å². The van der Waals surface area contributed by atoms with Crippen LogP contribution in [-0.2, 0) is 4.79 Å². The van der Waals surface area contributed by atoms with E-state index in [2.05, 4.69) is 0 Å². The molecule has 0 bridgehead atoms. The van der Waals surface area contributed by atoms with Gasteiger partial charge in [0.15, 0.2) is 0 Å². The second-order valence-corrected chi connectivity index (χ2v) is 5.80. The summed E-state index contributed by atoms with van der Waals surface area (Å²) in [6.45, 7) is 6.54. The van der Waals surface area contributed by atoms with Crippen molar-refractivity contribution in [1.82, 2.24) is 4.90 Å². The summed E-state index contributed by atoms with van der Waals surface area (Å²) in [5, 5.41) is 10.0. The lowest BCUT2D eigenvalue weighted by Crippen LogP contribution is -2.50. The number of benzene rings is 1. The van der Waals surface area contributed by atoms with Crippen LogP contribution in [0.5, 0.6) is 5.75 Å². The van der Waals surface area contributed by atoms with Crippen LogP contribution in [0.1, 0.15) is 20.8 Å². The number of nitrogens with two attached hydrogens (primary N) is 1. The molecule has 0 spiro atoms. The van der Waals surface area contributed by atoms with Crippen molar-refractivity contribution in [3.63, 3.8) is 0 Å². The summed E-state index contributed by atoms with van der Waals surface area (Å²) in [5.74, 6) is 0.305. The normalized spacial score (nSPS) is 13.2. The number of hydrogen-bond acceptors (Lipinski definition) is 4. The maximum atomic E-state index is 11.1. The number of aliphatic hydroxyl groups excluding tert-OH is 1. The van der Waals surface area contributed by atoms with Gasteiger partial charge >= 0.3 is 0 Å². The molecule has 5 nitrogen and oxygen atoms in total. The molecule has 1 rings (SSSR count). The van der Waals surface area contributed by atoms with Crippen LogP contribution in [0.15, 0.2) is 30.3 Å². The van der Waals surface area contributed by atoms with Gasteiger partial charge in [-0.2, -0.15) is 0 Å². The highest BCUT2D eigenvalue weighted by atomic mass is 16.5. The summed E-state index contributed by atoms with van der Waals surface area (Å²) >= 11 is 0. The Bertz CT molecular complexity index is 415. The van der Waals surface area contributed by atoms with Gasteiger partial charge in [0, 0.05) is 12.1 Å². The van der Waals surface area contributed by atoms with Crippen molar-refractivity contribution in [2.45, 2.75) is 32.4 Å². The fraction of sp³-hybridized carbons (Fsp3) is 0.533. The maximum Gasteiger partial charge on any atom is 0.231 e. The molecule has 1 amide bonds. The zero-order valence-electron chi connectivity index (χ0n) is 12.4. The Morgan fingerprint density at radius 1 is 1.35 bits per heavy atom. The van der Waals surface area contributed by atoms with Crippen molar-refractivity contribution in [3.05, 3.63) is 30.3 Å². The fourth-order valence-corrected chi connectivity index (χ4v) is 1.78. The Hall–Kier alpha value is -1.59. The number of rotatable bonds is 7. The third-order valence-corrected chi connectivity index (χ3v) is 2.91. The van der Waals surface area contributed by atoms with E-state index in [4.69, 9.17) is 10.5 Å². The lowest BCUT2D eigenvalue weighted by atomic mass is 10.1. The third kappa shape index (κ3) is 6.04. The molecule has 1 aromatic carbocycles. The van der Waals surface area contributed by atoms with Gasteiger partial charge in [-0.25, -0.2) is 0 Å². The summed E-state index contributed by atoms with van der Waals surface area (Å²) in [4.78, 5) is 12.9. The topological polar surface area (TPSA) is 75.8 Å². The van der Waals surface area contributed by atoms with Crippen LogP contribution < -0.4 is 10.5 Å². The minimum absolute atomic E-state index is 0.117. The smallest absolute Gasteiger partial charge is 0.231 e. The van der Waals surface area contributed by atoms with Crippen LogP contribution in [0.25, 0.3) is 0 Å². The SMILES string of the molecule is CC(C)(C)N(CC(N)=O)CC(O)COc1ccccc1. The Labute approximate surface area is 120 Å². The quantitative estimate of drug-likeness (QED) is 0.781. The van der Waals surface area contributed by atoms with Crippen LogP contribution in [0.3, 0.4) is 0 Å². The van der Waals surface area contributed by atoms with Gasteiger partial charge in [-0.1, -0.05) is 18.2 Å². The van der Waals surface area contributed by atoms with Crippen LogP contribution in [0.2, 0.25) is 0 Å². The molecule has 112 valence electrons. The first-order valence-electron chi connectivity index (χ1n) is 6.68. The Balaban J connectivity index is 2.49. The Kier molecular flexibility index (Phi) is 5.98. The van der Waals surface area contributed by atoms with E-state index in [9.17, 15) is 9.90 Å². The zero-order chi connectivity index (χ0) is 15.2. The number of β-amino-alcohol motifs (C(OH)–C–C–N with tert-alkyl or cyclic N) is 1. The third-order valence-electron chi connectivity index (χ3n) is 2.91. The highest BCUT2D eigenvalue weighted by Gasteiger charge is 2.25. The molecule has 1 aromatic rings. The molecular formula is C15H24N2O3. The molecular weight excluding hydrogens is 256 g/mol. The number of primary amides is 1. The zero-order valence-corrected chi connectivity index (χ0v) is 12.4. The summed E-state index contributed by atoms with van der Waals surface area (Å²) in [6.07, 6.45) is -0.686. The molecule has 20 heavy (non-hydrogen) atoms. The molecule has 0 aliphatic carbocycles. The van der Waals surface area contributed by atoms with Crippen LogP contribution >= 0.6 is 0 Å². The minimum atomic E-state index is -0.686. The van der Waals surface area contributed by atoms with Gasteiger partial charge in [-0.15, -0.1) is 0 Å². The van der Waals surface area contributed by atoms with Gasteiger partial charge in [0.25, 0.3) is 0 Å². The van der Waals surface area contributed by atoms with E-state index < -0.39 is 12.0 Å². The summed E-state index contributed by atoms with van der Waals surface area (Å²) in [6, 6.07) is 9.30. The molecule has 0 aliphatic heterocycles. The highest BCUT2D eigenvalue weighted by Crippen LogP contribution is 2.14. The first-order chi connectivity index (χ1) is 9.29. The fourth-order valence-electron chi connectivity index (χ4n) is 1.78. The molecule has 0 saturated carbocycles. The van der Waals surface area contributed by atoms with E-state index >= 15 is 0 Å². The minimum Gasteiger partial charge on any atom is -0.491 e.